The maximum absolute atomic E-state index is 13.2. The Morgan fingerprint density at radius 1 is 1.12 bits per heavy atom. The molecule has 0 N–H and O–H groups in total. The molecule has 3 rings (SSSR count). The van der Waals surface area contributed by atoms with E-state index in [0.29, 0.717) is 10.8 Å². The molecule has 2 aromatic rings. The summed E-state index contributed by atoms with van der Waals surface area (Å²) in [6, 6.07) is 15.3. The Balaban J connectivity index is 2.05. The van der Waals surface area contributed by atoms with Gasteiger partial charge < -0.3 is 9.47 Å². The number of nitriles is 1. The number of halogens is 1. The fourth-order valence-electron chi connectivity index (χ4n) is 3.49. The van der Waals surface area contributed by atoms with Gasteiger partial charge in [-0.25, -0.2) is 8.42 Å². The monoisotopic (exact) mass is 391 g/mol. The van der Waals surface area contributed by atoms with Gasteiger partial charge >= 0.3 is 0 Å². The third kappa shape index (κ3) is 2.96. The lowest BCUT2D eigenvalue weighted by Crippen LogP contribution is -2.19. The molecular formula is C19H18ClNO4S. The predicted octanol–water partition coefficient (Wildman–Crippen LogP) is 3.44. The fraction of sp³-hybridized carbons (Fsp3) is 0.316. The minimum atomic E-state index is -3.73. The SMILES string of the molecule is COC[C@@]1(C#N)[C@H](S(=O)(=O)c2ccc(Cl)cc2)[C@@H]1c1ccc(OC)cc1. The molecule has 0 bridgehead atoms. The van der Waals surface area contributed by atoms with Gasteiger partial charge in [0.1, 0.15) is 11.2 Å². The summed E-state index contributed by atoms with van der Waals surface area (Å²) in [7, 11) is -0.703. The van der Waals surface area contributed by atoms with Gasteiger partial charge in [-0.3, -0.25) is 0 Å². The maximum atomic E-state index is 13.2. The molecule has 5 nitrogen and oxygen atoms in total. The highest BCUT2D eigenvalue weighted by molar-refractivity contribution is 7.92. The van der Waals surface area contributed by atoms with E-state index in [9.17, 15) is 13.7 Å². The number of rotatable bonds is 6. The molecule has 0 heterocycles. The van der Waals surface area contributed by atoms with Crippen LogP contribution in [0.3, 0.4) is 0 Å². The van der Waals surface area contributed by atoms with Crippen molar-refractivity contribution in [2.45, 2.75) is 16.1 Å². The first-order chi connectivity index (χ1) is 12.4. The summed E-state index contributed by atoms with van der Waals surface area (Å²) in [6.07, 6.45) is 0. The molecule has 26 heavy (non-hydrogen) atoms. The number of sulfone groups is 1. The first-order valence-corrected chi connectivity index (χ1v) is 9.86. The van der Waals surface area contributed by atoms with E-state index in [1.807, 2.05) is 0 Å². The molecule has 2 aromatic carbocycles. The van der Waals surface area contributed by atoms with Gasteiger partial charge in [0.15, 0.2) is 9.84 Å². The van der Waals surface area contributed by atoms with Gasteiger partial charge in [-0.05, 0) is 42.0 Å². The van der Waals surface area contributed by atoms with Gasteiger partial charge in [0.05, 0.1) is 29.9 Å². The second kappa shape index (κ2) is 6.92. The molecule has 0 unspecified atom stereocenters. The van der Waals surface area contributed by atoms with Crippen molar-refractivity contribution in [3.63, 3.8) is 0 Å². The second-order valence-corrected chi connectivity index (χ2v) is 8.76. The molecule has 7 heteroatoms. The molecule has 1 saturated carbocycles. The molecule has 0 amide bonds. The zero-order chi connectivity index (χ0) is 18.9. The predicted molar refractivity (Wildman–Crippen MR) is 98.1 cm³/mol. The lowest BCUT2D eigenvalue weighted by atomic mass is 10.0. The van der Waals surface area contributed by atoms with Crippen molar-refractivity contribution in [3.05, 3.63) is 59.1 Å². The molecular weight excluding hydrogens is 374 g/mol. The van der Waals surface area contributed by atoms with Crippen LogP contribution in [0, 0.1) is 16.7 Å². The van der Waals surface area contributed by atoms with Gasteiger partial charge in [-0.15, -0.1) is 0 Å². The Bertz CT molecular complexity index is 935. The number of methoxy groups -OCH3 is 2. The van der Waals surface area contributed by atoms with E-state index in [2.05, 4.69) is 6.07 Å². The Labute approximate surface area is 158 Å². The fourth-order valence-corrected chi connectivity index (χ4v) is 5.93. The van der Waals surface area contributed by atoms with Crippen LogP contribution in [0.25, 0.3) is 0 Å². The Morgan fingerprint density at radius 3 is 2.23 bits per heavy atom. The van der Waals surface area contributed by atoms with E-state index >= 15 is 0 Å². The average Bonchev–Trinajstić information content (AvgIpc) is 3.32. The van der Waals surface area contributed by atoms with Crippen LogP contribution in [0.15, 0.2) is 53.4 Å². The summed E-state index contributed by atoms with van der Waals surface area (Å²) in [5, 5.41) is 9.38. The van der Waals surface area contributed by atoms with E-state index in [1.54, 1.807) is 31.4 Å². The van der Waals surface area contributed by atoms with Crippen LogP contribution in [0.1, 0.15) is 11.5 Å². The van der Waals surface area contributed by atoms with Gasteiger partial charge in [0.2, 0.25) is 0 Å². The molecule has 0 aromatic heterocycles. The number of benzene rings is 2. The molecule has 1 aliphatic carbocycles. The molecule has 0 aliphatic heterocycles. The largest absolute Gasteiger partial charge is 0.497 e. The highest BCUT2D eigenvalue weighted by Crippen LogP contribution is 2.64. The molecule has 0 radical (unpaired) electrons. The van der Waals surface area contributed by atoms with Gasteiger partial charge in [-0.2, -0.15) is 5.26 Å². The van der Waals surface area contributed by atoms with Crippen LogP contribution >= 0.6 is 11.6 Å². The van der Waals surface area contributed by atoms with Gasteiger partial charge in [0.25, 0.3) is 0 Å². The summed E-state index contributed by atoms with van der Waals surface area (Å²) in [4.78, 5) is 0.152. The molecule has 0 saturated heterocycles. The molecule has 1 fully saturated rings. The van der Waals surface area contributed by atoms with Crippen LogP contribution in [-0.2, 0) is 14.6 Å². The normalized spacial score (nSPS) is 24.7. The lowest BCUT2D eigenvalue weighted by molar-refractivity contribution is 0.162. The summed E-state index contributed by atoms with van der Waals surface area (Å²) >= 11 is 5.86. The van der Waals surface area contributed by atoms with Crippen molar-refractivity contribution in [1.29, 1.82) is 5.26 Å². The van der Waals surface area contributed by atoms with Crippen molar-refractivity contribution in [2.24, 2.45) is 5.41 Å². The molecule has 0 spiro atoms. The first-order valence-electron chi connectivity index (χ1n) is 7.94. The number of nitrogens with zero attached hydrogens (tertiary/aromatic N) is 1. The third-order valence-corrected chi connectivity index (χ3v) is 7.34. The minimum Gasteiger partial charge on any atom is -0.497 e. The Kier molecular flexibility index (Phi) is 4.98. The standard InChI is InChI=1S/C19H18ClNO4S/c1-24-12-19(11-21)17(13-3-7-15(25-2)8-4-13)18(19)26(22,23)16-9-5-14(20)6-10-16/h3-10,17-18H,12H2,1-2H3/t17-,18+,19+/m0/s1. The van der Waals surface area contributed by atoms with E-state index in [1.165, 1.54) is 31.4 Å². The topological polar surface area (TPSA) is 76.4 Å². The average molecular weight is 392 g/mol. The van der Waals surface area contributed by atoms with Crippen molar-refractivity contribution in [3.8, 4) is 11.8 Å². The number of hydrogen-bond donors (Lipinski definition) is 0. The van der Waals surface area contributed by atoms with Crippen molar-refractivity contribution >= 4 is 21.4 Å². The van der Waals surface area contributed by atoms with Crippen LogP contribution in [0.2, 0.25) is 5.02 Å². The molecule has 1 aliphatic rings. The minimum absolute atomic E-state index is 0.0394. The van der Waals surface area contributed by atoms with Gasteiger partial charge in [-0.1, -0.05) is 23.7 Å². The van der Waals surface area contributed by atoms with Crippen LogP contribution in [0.4, 0.5) is 0 Å². The second-order valence-electron chi connectivity index (χ2n) is 6.26. The van der Waals surface area contributed by atoms with Crippen molar-refractivity contribution in [1.82, 2.24) is 0 Å². The third-order valence-electron chi connectivity index (χ3n) is 4.80. The Hall–Kier alpha value is -2.07. The van der Waals surface area contributed by atoms with Crippen LogP contribution in [-0.4, -0.2) is 34.5 Å². The number of hydrogen-bond acceptors (Lipinski definition) is 5. The summed E-state index contributed by atoms with van der Waals surface area (Å²) < 4.78 is 36.7. The van der Waals surface area contributed by atoms with E-state index in [-0.39, 0.29) is 11.5 Å². The summed E-state index contributed by atoms with van der Waals surface area (Å²) in [6.45, 7) is 0.0394. The van der Waals surface area contributed by atoms with E-state index in [0.717, 1.165) is 5.56 Å². The van der Waals surface area contributed by atoms with E-state index < -0.39 is 26.4 Å². The van der Waals surface area contributed by atoms with Crippen molar-refractivity contribution < 1.29 is 17.9 Å². The van der Waals surface area contributed by atoms with E-state index in [4.69, 9.17) is 21.1 Å². The zero-order valence-corrected chi connectivity index (χ0v) is 15.9. The summed E-state index contributed by atoms with van der Waals surface area (Å²) in [5.41, 5.74) is -0.353. The molecule has 3 atom stereocenters. The van der Waals surface area contributed by atoms with Gasteiger partial charge in [0, 0.05) is 18.1 Å². The quantitative estimate of drug-likeness (QED) is 0.753. The highest BCUT2D eigenvalue weighted by atomic mass is 35.5. The maximum Gasteiger partial charge on any atom is 0.183 e. The smallest absolute Gasteiger partial charge is 0.183 e. The van der Waals surface area contributed by atoms with Crippen LogP contribution < -0.4 is 4.74 Å². The van der Waals surface area contributed by atoms with Crippen molar-refractivity contribution in [2.75, 3.05) is 20.8 Å². The zero-order valence-electron chi connectivity index (χ0n) is 14.3. The Morgan fingerprint density at radius 2 is 1.73 bits per heavy atom. The number of ether oxygens (including phenoxy) is 2. The summed E-state index contributed by atoms with van der Waals surface area (Å²) in [5.74, 6) is 0.194. The molecule has 136 valence electrons. The lowest BCUT2D eigenvalue weighted by Gasteiger charge is -2.08. The van der Waals surface area contributed by atoms with Crippen LogP contribution in [0.5, 0.6) is 5.75 Å². The highest BCUT2D eigenvalue weighted by Gasteiger charge is 2.72. The first kappa shape index (κ1) is 18.7.